The molecule has 2 nitrogen and oxygen atoms in total. The molecular formula is C14H9F3N2S. The fourth-order valence-corrected chi connectivity index (χ4v) is 2.40. The number of imidazole rings is 1. The zero-order valence-corrected chi connectivity index (χ0v) is 11.0. The minimum Gasteiger partial charge on any atom is -0.328 e. The van der Waals surface area contributed by atoms with Crippen molar-refractivity contribution in [3.05, 3.63) is 64.2 Å². The molecule has 0 saturated heterocycles. The Morgan fingerprint density at radius 3 is 2.65 bits per heavy atom. The van der Waals surface area contributed by atoms with Gasteiger partial charge < -0.3 is 9.55 Å². The third-order valence-electron chi connectivity index (χ3n) is 3.10. The second kappa shape index (κ2) is 4.79. The summed E-state index contributed by atoms with van der Waals surface area (Å²) < 4.78 is 42.3. The minimum absolute atomic E-state index is 0.0336. The first kappa shape index (κ1) is 12.9. The lowest BCUT2D eigenvalue weighted by Crippen LogP contribution is -2.02. The summed E-state index contributed by atoms with van der Waals surface area (Å²) in [6.07, 6.45) is 0. The van der Waals surface area contributed by atoms with Gasteiger partial charge in [0.2, 0.25) is 0 Å². The Hall–Kier alpha value is -2.08. The fraction of sp³-hybridized carbons (Fsp3) is 0.0714. The molecule has 3 rings (SSSR count). The van der Waals surface area contributed by atoms with Gasteiger partial charge in [0.15, 0.2) is 4.77 Å². The number of benzene rings is 2. The van der Waals surface area contributed by atoms with Crippen molar-refractivity contribution in [2.75, 3.05) is 0 Å². The third kappa shape index (κ3) is 2.12. The fourth-order valence-electron chi connectivity index (χ4n) is 2.14. The Bertz CT molecular complexity index is 851. The van der Waals surface area contributed by atoms with Crippen molar-refractivity contribution in [3.8, 4) is 0 Å². The van der Waals surface area contributed by atoms with Gasteiger partial charge in [-0.25, -0.2) is 13.2 Å². The van der Waals surface area contributed by atoms with Crippen LogP contribution in [0.25, 0.3) is 11.0 Å². The molecule has 0 spiro atoms. The highest BCUT2D eigenvalue weighted by molar-refractivity contribution is 7.71. The van der Waals surface area contributed by atoms with Crippen LogP contribution in [-0.4, -0.2) is 9.55 Å². The van der Waals surface area contributed by atoms with Gasteiger partial charge in [-0.2, -0.15) is 0 Å². The van der Waals surface area contributed by atoms with Gasteiger partial charge in [-0.1, -0.05) is 6.07 Å². The van der Waals surface area contributed by atoms with E-state index >= 15 is 0 Å². The van der Waals surface area contributed by atoms with Crippen LogP contribution < -0.4 is 0 Å². The molecule has 0 radical (unpaired) electrons. The molecule has 0 aliphatic heterocycles. The smallest absolute Gasteiger partial charge is 0.178 e. The average Bonchev–Trinajstić information content (AvgIpc) is 2.73. The van der Waals surface area contributed by atoms with Crippen molar-refractivity contribution >= 4 is 23.3 Å². The van der Waals surface area contributed by atoms with Gasteiger partial charge in [-0.15, -0.1) is 0 Å². The van der Waals surface area contributed by atoms with Crippen LogP contribution in [0.15, 0.2) is 36.4 Å². The monoisotopic (exact) mass is 294 g/mol. The predicted octanol–water partition coefficient (Wildman–Crippen LogP) is 4.16. The van der Waals surface area contributed by atoms with Crippen LogP contribution in [0.4, 0.5) is 13.2 Å². The summed E-state index contributed by atoms with van der Waals surface area (Å²) >= 11 is 5.11. The summed E-state index contributed by atoms with van der Waals surface area (Å²) in [5.41, 5.74) is 0.930. The van der Waals surface area contributed by atoms with Crippen LogP contribution in [0.1, 0.15) is 5.56 Å². The Balaban J connectivity index is 2.16. The Morgan fingerprint density at radius 1 is 1.05 bits per heavy atom. The molecule has 2 aromatic carbocycles. The lowest BCUT2D eigenvalue weighted by atomic mass is 10.2. The van der Waals surface area contributed by atoms with E-state index in [4.69, 9.17) is 12.2 Å². The van der Waals surface area contributed by atoms with Crippen LogP contribution in [0, 0.1) is 22.2 Å². The minimum atomic E-state index is -0.529. The number of nitrogens with zero attached hydrogens (tertiary/aromatic N) is 1. The highest BCUT2D eigenvalue weighted by Gasteiger charge is 2.11. The Kier molecular flexibility index (Phi) is 3.10. The molecule has 20 heavy (non-hydrogen) atoms. The molecule has 6 heteroatoms. The Labute approximate surface area is 117 Å². The average molecular weight is 294 g/mol. The van der Waals surface area contributed by atoms with Crippen LogP contribution in [0.5, 0.6) is 0 Å². The Morgan fingerprint density at radius 2 is 1.85 bits per heavy atom. The summed E-state index contributed by atoms with van der Waals surface area (Å²) in [7, 11) is 0. The van der Waals surface area contributed by atoms with Crippen LogP contribution >= 0.6 is 12.2 Å². The van der Waals surface area contributed by atoms with Gasteiger partial charge >= 0.3 is 0 Å². The van der Waals surface area contributed by atoms with E-state index in [2.05, 4.69) is 4.98 Å². The quantitative estimate of drug-likeness (QED) is 0.704. The molecule has 1 heterocycles. The van der Waals surface area contributed by atoms with E-state index in [9.17, 15) is 13.2 Å². The molecule has 3 aromatic rings. The number of fused-ring (bicyclic) bond motifs is 1. The molecule has 1 N–H and O–H groups in total. The van der Waals surface area contributed by atoms with Gasteiger partial charge in [-0.05, 0) is 42.5 Å². The second-order valence-corrected chi connectivity index (χ2v) is 4.77. The zero-order chi connectivity index (χ0) is 14.3. The van der Waals surface area contributed by atoms with Gasteiger partial charge in [0.1, 0.15) is 23.0 Å². The maximum absolute atomic E-state index is 13.7. The highest BCUT2D eigenvalue weighted by Crippen LogP contribution is 2.20. The van der Waals surface area contributed by atoms with Crippen molar-refractivity contribution in [1.29, 1.82) is 0 Å². The predicted molar refractivity (Wildman–Crippen MR) is 72.5 cm³/mol. The van der Waals surface area contributed by atoms with Gasteiger partial charge in [0, 0.05) is 5.56 Å². The summed E-state index contributed by atoms with van der Waals surface area (Å²) in [5, 5.41) is 0. The molecule has 0 atom stereocenters. The number of nitrogens with one attached hydrogen (secondary N) is 1. The summed E-state index contributed by atoms with van der Waals surface area (Å²) in [4.78, 5) is 2.74. The highest BCUT2D eigenvalue weighted by atomic mass is 32.1. The molecular weight excluding hydrogens is 285 g/mol. The van der Waals surface area contributed by atoms with E-state index in [1.807, 2.05) is 0 Å². The molecule has 0 amide bonds. The zero-order valence-electron chi connectivity index (χ0n) is 10.2. The standard InChI is InChI=1S/C14H9F3N2S/c15-9-4-5-10(16)8(6-9)7-19-12-3-1-2-11(17)13(12)18-14(19)20/h1-6H,7H2,(H,18,20). The van der Waals surface area contributed by atoms with Crippen LogP contribution in [0.2, 0.25) is 0 Å². The van der Waals surface area contributed by atoms with E-state index < -0.39 is 17.5 Å². The van der Waals surface area contributed by atoms with Gasteiger partial charge in [-0.3, -0.25) is 0 Å². The van der Waals surface area contributed by atoms with Gasteiger partial charge in [0.05, 0.1) is 12.1 Å². The summed E-state index contributed by atoms with van der Waals surface area (Å²) in [5.74, 6) is -1.50. The lowest BCUT2D eigenvalue weighted by Gasteiger charge is -2.06. The van der Waals surface area contributed by atoms with Crippen molar-refractivity contribution in [1.82, 2.24) is 9.55 Å². The van der Waals surface area contributed by atoms with E-state index in [1.165, 1.54) is 10.6 Å². The number of aromatic amines is 1. The van der Waals surface area contributed by atoms with Crippen molar-refractivity contribution in [2.24, 2.45) is 0 Å². The number of aromatic nitrogens is 2. The first-order valence-electron chi connectivity index (χ1n) is 5.87. The number of halogens is 3. The molecule has 0 bridgehead atoms. The van der Waals surface area contributed by atoms with Crippen molar-refractivity contribution in [2.45, 2.75) is 6.54 Å². The molecule has 0 aliphatic rings. The van der Waals surface area contributed by atoms with E-state index in [-0.39, 0.29) is 22.4 Å². The van der Waals surface area contributed by atoms with E-state index in [0.29, 0.717) is 5.52 Å². The normalized spacial score (nSPS) is 11.2. The van der Waals surface area contributed by atoms with Gasteiger partial charge in [0.25, 0.3) is 0 Å². The number of hydrogen-bond donors (Lipinski definition) is 1. The maximum Gasteiger partial charge on any atom is 0.178 e. The molecule has 0 fully saturated rings. The van der Waals surface area contributed by atoms with Crippen LogP contribution in [-0.2, 0) is 6.54 Å². The second-order valence-electron chi connectivity index (χ2n) is 4.39. The van der Waals surface area contributed by atoms with Crippen molar-refractivity contribution in [3.63, 3.8) is 0 Å². The molecule has 0 aliphatic carbocycles. The first-order valence-corrected chi connectivity index (χ1v) is 6.28. The molecule has 0 unspecified atom stereocenters. The third-order valence-corrected chi connectivity index (χ3v) is 3.42. The number of hydrogen-bond acceptors (Lipinski definition) is 1. The maximum atomic E-state index is 13.7. The summed E-state index contributed by atoms with van der Waals surface area (Å²) in [6.45, 7) is 0.0336. The van der Waals surface area contributed by atoms with E-state index in [1.54, 1.807) is 12.1 Å². The topological polar surface area (TPSA) is 20.7 Å². The molecule has 102 valence electrons. The largest absolute Gasteiger partial charge is 0.328 e. The van der Waals surface area contributed by atoms with Crippen LogP contribution in [0.3, 0.4) is 0 Å². The number of rotatable bonds is 2. The SMILES string of the molecule is Fc1ccc(F)c(Cn2c(=S)[nH]c3c(F)cccc32)c1. The summed E-state index contributed by atoms with van der Waals surface area (Å²) in [6, 6.07) is 7.73. The first-order chi connectivity index (χ1) is 9.56. The number of para-hydroxylation sites is 1. The number of H-pyrrole nitrogens is 1. The molecule has 0 saturated carbocycles. The van der Waals surface area contributed by atoms with Crippen molar-refractivity contribution < 1.29 is 13.2 Å². The molecule has 1 aromatic heterocycles. The lowest BCUT2D eigenvalue weighted by molar-refractivity contribution is 0.578. The van der Waals surface area contributed by atoms with E-state index in [0.717, 1.165) is 18.2 Å².